The zero-order chi connectivity index (χ0) is 12.1. The lowest BCUT2D eigenvalue weighted by atomic mass is 10.0. The molecule has 17 heavy (non-hydrogen) atoms. The first-order valence-electron chi connectivity index (χ1n) is 5.38. The van der Waals surface area contributed by atoms with Gasteiger partial charge >= 0.3 is 0 Å². The van der Waals surface area contributed by atoms with E-state index in [4.69, 9.17) is 5.84 Å². The van der Waals surface area contributed by atoms with Crippen molar-refractivity contribution in [2.75, 3.05) is 0 Å². The van der Waals surface area contributed by atoms with Crippen LogP contribution in [-0.2, 0) is 6.54 Å². The van der Waals surface area contributed by atoms with Gasteiger partial charge in [0, 0.05) is 18.2 Å². The van der Waals surface area contributed by atoms with Crippen molar-refractivity contribution in [3.8, 4) is 0 Å². The minimum absolute atomic E-state index is 0. The van der Waals surface area contributed by atoms with E-state index in [-0.39, 0.29) is 24.4 Å². The van der Waals surface area contributed by atoms with Gasteiger partial charge in [-0.15, -0.1) is 12.4 Å². The Labute approximate surface area is 108 Å². The molecule has 0 spiro atoms. The molecular weight excluding hydrogens is 238 g/mol. The Morgan fingerprint density at radius 1 is 1.41 bits per heavy atom. The maximum Gasteiger partial charge on any atom is 0.251 e. The largest absolute Gasteiger partial charge is 0.350 e. The maximum absolute atomic E-state index is 11.9. The predicted molar refractivity (Wildman–Crippen MR) is 72.1 cm³/mol. The average Bonchev–Trinajstić information content (AvgIpc) is 2.17. The van der Waals surface area contributed by atoms with Gasteiger partial charge in [-0.25, -0.2) is 0 Å². The van der Waals surface area contributed by atoms with Crippen molar-refractivity contribution in [3.05, 3.63) is 34.9 Å². The maximum atomic E-state index is 11.9. The molecule has 0 fully saturated rings. The van der Waals surface area contributed by atoms with Crippen LogP contribution in [0.15, 0.2) is 18.2 Å². The van der Waals surface area contributed by atoms with Crippen molar-refractivity contribution < 1.29 is 4.79 Å². The second kappa shape index (κ2) is 7.27. The number of hydrogen-bond acceptors (Lipinski definition) is 3. The summed E-state index contributed by atoms with van der Waals surface area (Å²) in [6.45, 7) is 6.35. The summed E-state index contributed by atoms with van der Waals surface area (Å²) in [4.78, 5) is 11.9. The minimum Gasteiger partial charge on any atom is -0.350 e. The Balaban J connectivity index is 0.00000256. The van der Waals surface area contributed by atoms with Gasteiger partial charge in [0.25, 0.3) is 5.91 Å². The quantitative estimate of drug-likeness (QED) is 0.566. The number of aryl methyl sites for hydroxylation is 1. The van der Waals surface area contributed by atoms with E-state index < -0.39 is 0 Å². The van der Waals surface area contributed by atoms with Crippen LogP contribution in [0, 0.1) is 6.92 Å². The molecule has 0 aliphatic heterocycles. The van der Waals surface area contributed by atoms with Crippen LogP contribution < -0.4 is 16.6 Å². The van der Waals surface area contributed by atoms with Gasteiger partial charge < -0.3 is 5.32 Å². The molecule has 0 bridgehead atoms. The normalized spacial score (nSPS) is 9.94. The smallest absolute Gasteiger partial charge is 0.251 e. The molecule has 96 valence electrons. The highest BCUT2D eigenvalue weighted by atomic mass is 35.5. The van der Waals surface area contributed by atoms with Crippen LogP contribution in [0.3, 0.4) is 0 Å². The minimum atomic E-state index is -0.0553. The zero-order valence-electron chi connectivity index (χ0n) is 10.4. The Hall–Kier alpha value is -1.10. The van der Waals surface area contributed by atoms with Crippen molar-refractivity contribution in [3.63, 3.8) is 0 Å². The molecule has 5 heteroatoms. The third-order valence-electron chi connectivity index (χ3n) is 2.22. The number of hydrogen-bond donors (Lipinski definition) is 3. The second-order valence-electron chi connectivity index (χ2n) is 4.17. The number of carbonyl (C=O) groups excluding carboxylic acids is 1. The lowest BCUT2D eigenvalue weighted by Crippen LogP contribution is -2.32. The van der Waals surface area contributed by atoms with Gasteiger partial charge in [-0.1, -0.05) is 17.7 Å². The van der Waals surface area contributed by atoms with Gasteiger partial charge in [0.15, 0.2) is 0 Å². The van der Waals surface area contributed by atoms with Gasteiger partial charge in [0.1, 0.15) is 0 Å². The SMILES string of the molecule is Cc1ccc(C(=O)NC(C)C)c(CNN)c1.Cl. The molecule has 1 aromatic rings. The fourth-order valence-electron chi connectivity index (χ4n) is 1.54. The van der Waals surface area contributed by atoms with Crippen molar-refractivity contribution in [2.24, 2.45) is 5.84 Å². The molecule has 4 nitrogen and oxygen atoms in total. The van der Waals surface area contributed by atoms with Crippen LogP contribution in [-0.4, -0.2) is 11.9 Å². The summed E-state index contributed by atoms with van der Waals surface area (Å²) >= 11 is 0. The molecule has 1 aromatic carbocycles. The molecule has 0 aliphatic carbocycles. The van der Waals surface area contributed by atoms with E-state index in [1.165, 1.54) is 0 Å². The molecule has 0 unspecified atom stereocenters. The summed E-state index contributed by atoms with van der Waals surface area (Å²) in [7, 11) is 0. The average molecular weight is 258 g/mol. The number of nitrogens with two attached hydrogens (primary N) is 1. The molecule has 0 saturated heterocycles. The molecule has 0 aliphatic rings. The third kappa shape index (κ3) is 4.73. The number of carbonyl (C=O) groups is 1. The number of nitrogens with one attached hydrogen (secondary N) is 2. The van der Waals surface area contributed by atoms with Gasteiger partial charge in [-0.05, 0) is 32.4 Å². The van der Waals surface area contributed by atoms with Crippen LogP contribution in [0.4, 0.5) is 0 Å². The summed E-state index contributed by atoms with van der Waals surface area (Å²) in [5.74, 6) is 5.24. The lowest BCUT2D eigenvalue weighted by Gasteiger charge is -2.12. The van der Waals surface area contributed by atoms with E-state index in [9.17, 15) is 4.79 Å². The van der Waals surface area contributed by atoms with E-state index in [1.807, 2.05) is 39.0 Å². The lowest BCUT2D eigenvalue weighted by molar-refractivity contribution is 0.0942. The topological polar surface area (TPSA) is 67.2 Å². The first-order chi connectivity index (χ1) is 7.54. The molecule has 0 atom stereocenters. The van der Waals surface area contributed by atoms with Crippen LogP contribution in [0.25, 0.3) is 0 Å². The van der Waals surface area contributed by atoms with Crippen LogP contribution in [0.5, 0.6) is 0 Å². The predicted octanol–water partition coefficient (Wildman–Crippen LogP) is 1.52. The molecule has 4 N–H and O–H groups in total. The second-order valence-corrected chi connectivity index (χ2v) is 4.17. The number of benzene rings is 1. The van der Waals surface area contributed by atoms with E-state index in [2.05, 4.69) is 10.7 Å². The van der Waals surface area contributed by atoms with E-state index in [0.717, 1.165) is 11.1 Å². The molecular formula is C12H20ClN3O. The van der Waals surface area contributed by atoms with E-state index in [0.29, 0.717) is 12.1 Å². The number of halogens is 1. The van der Waals surface area contributed by atoms with Crippen molar-refractivity contribution >= 4 is 18.3 Å². The van der Waals surface area contributed by atoms with Gasteiger partial charge in [0.2, 0.25) is 0 Å². The summed E-state index contributed by atoms with van der Waals surface area (Å²) in [6.07, 6.45) is 0. The molecule has 0 heterocycles. The molecule has 1 rings (SSSR count). The highest BCUT2D eigenvalue weighted by molar-refractivity contribution is 5.95. The number of rotatable bonds is 4. The zero-order valence-corrected chi connectivity index (χ0v) is 11.2. The Morgan fingerprint density at radius 2 is 2.06 bits per heavy atom. The fourth-order valence-corrected chi connectivity index (χ4v) is 1.54. The monoisotopic (exact) mass is 257 g/mol. The Bertz CT molecular complexity index is 380. The summed E-state index contributed by atoms with van der Waals surface area (Å²) in [5.41, 5.74) is 5.29. The molecule has 0 aromatic heterocycles. The summed E-state index contributed by atoms with van der Waals surface area (Å²) < 4.78 is 0. The third-order valence-corrected chi connectivity index (χ3v) is 2.22. The Morgan fingerprint density at radius 3 is 2.59 bits per heavy atom. The fraction of sp³-hybridized carbons (Fsp3) is 0.417. The van der Waals surface area contributed by atoms with Crippen LogP contribution >= 0.6 is 12.4 Å². The summed E-state index contributed by atoms with van der Waals surface area (Å²) in [5, 5.41) is 2.87. The molecule has 0 saturated carbocycles. The molecule has 0 radical (unpaired) electrons. The van der Waals surface area contributed by atoms with Gasteiger partial charge in [0.05, 0.1) is 0 Å². The van der Waals surface area contributed by atoms with E-state index >= 15 is 0 Å². The first kappa shape index (κ1) is 15.9. The number of hydrazine groups is 1. The number of amides is 1. The highest BCUT2D eigenvalue weighted by Crippen LogP contribution is 2.11. The van der Waals surface area contributed by atoms with Crippen molar-refractivity contribution in [1.29, 1.82) is 0 Å². The van der Waals surface area contributed by atoms with Gasteiger partial charge in [-0.2, -0.15) is 0 Å². The first-order valence-corrected chi connectivity index (χ1v) is 5.38. The molecule has 1 amide bonds. The standard InChI is InChI=1S/C12H19N3O.ClH/c1-8(2)15-12(16)11-5-4-9(3)6-10(11)7-14-13;/h4-6,8,14H,7,13H2,1-3H3,(H,15,16);1H. The van der Waals surface area contributed by atoms with Crippen LogP contribution in [0.1, 0.15) is 35.3 Å². The van der Waals surface area contributed by atoms with E-state index in [1.54, 1.807) is 0 Å². The van der Waals surface area contributed by atoms with Crippen LogP contribution in [0.2, 0.25) is 0 Å². The van der Waals surface area contributed by atoms with Crippen molar-refractivity contribution in [1.82, 2.24) is 10.7 Å². The highest BCUT2D eigenvalue weighted by Gasteiger charge is 2.11. The van der Waals surface area contributed by atoms with Crippen molar-refractivity contribution in [2.45, 2.75) is 33.4 Å². The Kier molecular flexibility index (Phi) is 6.80. The summed E-state index contributed by atoms with van der Waals surface area (Å²) in [6, 6.07) is 5.86. The van der Waals surface area contributed by atoms with Gasteiger partial charge in [-0.3, -0.25) is 16.1 Å².